The Morgan fingerprint density at radius 1 is 1.09 bits per heavy atom. The summed E-state index contributed by atoms with van der Waals surface area (Å²) < 4.78 is 16.0. The van der Waals surface area contributed by atoms with Crippen LogP contribution in [0, 0.1) is 0 Å². The minimum Gasteiger partial charge on any atom is -0.497 e. The van der Waals surface area contributed by atoms with E-state index in [2.05, 4.69) is 13.2 Å². The van der Waals surface area contributed by atoms with Gasteiger partial charge in [0.1, 0.15) is 17.1 Å². The molecule has 0 atom stereocenters. The minimum atomic E-state index is -0.359. The Labute approximate surface area is 138 Å². The summed E-state index contributed by atoms with van der Waals surface area (Å²) in [6.45, 7) is 7.79. The number of unbranched alkanes of at least 4 members (excludes halogenated alkanes) is 2. The van der Waals surface area contributed by atoms with E-state index in [1.165, 1.54) is 7.11 Å². The summed E-state index contributed by atoms with van der Waals surface area (Å²) in [5.74, 6) is 0.769. The highest BCUT2D eigenvalue weighted by Gasteiger charge is 2.20. The fraction of sp³-hybridized carbons (Fsp3) is 0.421. The minimum absolute atomic E-state index is 0.359. The Bertz CT molecular complexity index is 534. The summed E-state index contributed by atoms with van der Waals surface area (Å²) in [4.78, 5) is 12.5. The molecule has 0 saturated heterocycles. The average Bonchev–Trinajstić information content (AvgIpc) is 2.58. The van der Waals surface area contributed by atoms with Crippen LogP contribution in [0.15, 0.2) is 37.4 Å². The van der Waals surface area contributed by atoms with Crippen molar-refractivity contribution in [2.45, 2.75) is 32.1 Å². The van der Waals surface area contributed by atoms with E-state index in [1.54, 1.807) is 13.2 Å². The van der Waals surface area contributed by atoms with Crippen molar-refractivity contribution >= 4 is 5.97 Å². The number of esters is 1. The van der Waals surface area contributed by atoms with E-state index in [0.29, 0.717) is 30.1 Å². The summed E-state index contributed by atoms with van der Waals surface area (Å²) in [6.07, 6.45) is 7.82. The van der Waals surface area contributed by atoms with Gasteiger partial charge in [-0.15, -0.1) is 13.2 Å². The van der Waals surface area contributed by atoms with Crippen LogP contribution in [0.2, 0.25) is 0 Å². The Kier molecular flexibility index (Phi) is 8.58. The molecule has 0 bridgehead atoms. The fourth-order valence-corrected chi connectivity index (χ4v) is 2.24. The van der Waals surface area contributed by atoms with Crippen LogP contribution in [-0.2, 0) is 11.2 Å². The van der Waals surface area contributed by atoms with Gasteiger partial charge in [0, 0.05) is 6.07 Å². The second-order valence-corrected chi connectivity index (χ2v) is 5.11. The number of methoxy groups -OCH3 is 2. The SMILES string of the molecule is C=CCCCCOC(=O)c1c(CCC=C)cc(OC)cc1OC. The van der Waals surface area contributed by atoms with Gasteiger partial charge >= 0.3 is 5.97 Å². The molecule has 0 unspecified atom stereocenters. The van der Waals surface area contributed by atoms with Crippen molar-refractivity contribution in [3.05, 3.63) is 48.6 Å². The average molecular weight is 318 g/mol. The van der Waals surface area contributed by atoms with Crippen LogP contribution in [0.3, 0.4) is 0 Å². The third-order valence-corrected chi connectivity index (χ3v) is 3.47. The molecule has 0 heterocycles. The van der Waals surface area contributed by atoms with E-state index in [1.807, 2.05) is 18.2 Å². The van der Waals surface area contributed by atoms with Crippen LogP contribution in [0.25, 0.3) is 0 Å². The fourth-order valence-electron chi connectivity index (χ4n) is 2.24. The molecule has 126 valence electrons. The Hall–Kier alpha value is -2.23. The maximum Gasteiger partial charge on any atom is 0.342 e. The number of ether oxygens (including phenoxy) is 3. The number of hydrogen-bond donors (Lipinski definition) is 0. The topological polar surface area (TPSA) is 44.8 Å². The van der Waals surface area contributed by atoms with Gasteiger partial charge < -0.3 is 14.2 Å². The quantitative estimate of drug-likeness (QED) is 0.346. The van der Waals surface area contributed by atoms with Crippen LogP contribution in [0.1, 0.15) is 41.6 Å². The van der Waals surface area contributed by atoms with E-state index >= 15 is 0 Å². The van der Waals surface area contributed by atoms with Crippen molar-refractivity contribution in [2.75, 3.05) is 20.8 Å². The van der Waals surface area contributed by atoms with E-state index in [4.69, 9.17) is 14.2 Å². The van der Waals surface area contributed by atoms with Crippen molar-refractivity contribution in [1.82, 2.24) is 0 Å². The normalized spacial score (nSPS) is 10.0. The van der Waals surface area contributed by atoms with Crippen LogP contribution >= 0.6 is 0 Å². The van der Waals surface area contributed by atoms with Crippen LogP contribution in [-0.4, -0.2) is 26.8 Å². The number of benzene rings is 1. The molecule has 0 aliphatic carbocycles. The molecular weight excluding hydrogens is 292 g/mol. The van der Waals surface area contributed by atoms with Crippen LogP contribution < -0.4 is 9.47 Å². The van der Waals surface area contributed by atoms with Crippen molar-refractivity contribution in [2.24, 2.45) is 0 Å². The van der Waals surface area contributed by atoms with E-state index in [9.17, 15) is 4.79 Å². The summed E-state index contributed by atoms with van der Waals surface area (Å²) in [6, 6.07) is 3.55. The number of aryl methyl sites for hydroxylation is 1. The molecular formula is C19H26O4. The highest BCUT2D eigenvalue weighted by atomic mass is 16.5. The van der Waals surface area contributed by atoms with Crippen molar-refractivity contribution in [3.8, 4) is 11.5 Å². The molecule has 0 spiro atoms. The highest BCUT2D eigenvalue weighted by molar-refractivity contribution is 5.94. The molecule has 1 aromatic rings. The molecule has 0 aliphatic rings. The first-order chi connectivity index (χ1) is 11.2. The number of allylic oxidation sites excluding steroid dienone is 2. The Morgan fingerprint density at radius 3 is 2.43 bits per heavy atom. The summed E-state index contributed by atoms with van der Waals surface area (Å²) in [5, 5.41) is 0. The molecule has 0 amide bonds. The first-order valence-corrected chi connectivity index (χ1v) is 7.81. The Balaban J connectivity index is 2.93. The molecule has 0 N–H and O–H groups in total. The highest BCUT2D eigenvalue weighted by Crippen LogP contribution is 2.30. The number of carbonyl (C=O) groups is 1. The van der Waals surface area contributed by atoms with Crippen LogP contribution in [0.4, 0.5) is 0 Å². The molecule has 0 radical (unpaired) electrons. The molecule has 4 heteroatoms. The Morgan fingerprint density at radius 2 is 1.83 bits per heavy atom. The van der Waals surface area contributed by atoms with Crippen LogP contribution in [0.5, 0.6) is 11.5 Å². The number of rotatable bonds is 11. The second-order valence-electron chi connectivity index (χ2n) is 5.11. The predicted molar refractivity (Wildman–Crippen MR) is 92.4 cm³/mol. The summed E-state index contributed by atoms with van der Waals surface area (Å²) in [7, 11) is 3.12. The zero-order valence-corrected chi connectivity index (χ0v) is 14.1. The standard InChI is InChI=1S/C19H26O4/c1-5-7-9-10-12-23-19(20)18-15(11-8-6-2)13-16(21-3)14-17(18)22-4/h5-6,13-14H,1-2,7-12H2,3-4H3. The lowest BCUT2D eigenvalue weighted by molar-refractivity contribution is 0.0493. The molecule has 0 fully saturated rings. The van der Waals surface area contributed by atoms with Gasteiger partial charge in [0.25, 0.3) is 0 Å². The summed E-state index contributed by atoms with van der Waals surface area (Å²) >= 11 is 0. The van der Waals surface area contributed by atoms with E-state index in [-0.39, 0.29) is 5.97 Å². The molecule has 1 aromatic carbocycles. The van der Waals surface area contributed by atoms with Gasteiger partial charge in [-0.25, -0.2) is 4.79 Å². The van der Waals surface area contributed by atoms with Gasteiger partial charge in [-0.3, -0.25) is 0 Å². The first-order valence-electron chi connectivity index (χ1n) is 7.81. The molecule has 1 rings (SSSR count). The van der Waals surface area contributed by atoms with Gasteiger partial charge in [0.2, 0.25) is 0 Å². The number of hydrogen-bond acceptors (Lipinski definition) is 4. The zero-order valence-electron chi connectivity index (χ0n) is 14.1. The molecule has 23 heavy (non-hydrogen) atoms. The lowest BCUT2D eigenvalue weighted by Crippen LogP contribution is -2.12. The second kappa shape index (κ2) is 10.5. The third-order valence-electron chi connectivity index (χ3n) is 3.47. The smallest absolute Gasteiger partial charge is 0.342 e. The molecule has 0 saturated carbocycles. The molecule has 0 aliphatic heterocycles. The lowest BCUT2D eigenvalue weighted by atomic mass is 10.0. The first kappa shape index (κ1) is 18.8. The monoisotopic (exact) mass is 318 g/mol. The van der Waals surface area contributed by atoms with Gasteiger partial charge in [-0.05, 0) is 43.7 Å². The van der Waals surface area contributed by atoms with Crippen molar-refractivity contribution < 1.29 is 19.0 Å². The largest absolute Gasteiger partial charge is 0.497 e. The van der Waals surface area contributed by atoms with Gasteiger partial charge in [0.05, 0.1) is 20.8 Å². The van der Waals surface area contributed by atoms with E-state index < -0.39 is 0 Å². The maximum atomic E-state index is 12.5. The van der Waals surface area contributed by atoms with Crippen molar-refractivity contribution in [1.29, 1.82) is 0 Å². The van der Waals surface area contributed by atoms with Gasteiger partial charge in [0.15, 0.2) is 0 Å². The van der Waals surface area contributed by atoms with Gasteiger partial charge in [-0.1, -0.05) is 12.2 Å². The molecule has 4 nitrogen and oxygen atoms in total. The lowest BCUT2D eigenvalue weighted by Gasteiger charge is -2.15. The zero-order chi connectivity index (χ0) is 17.1. The van der Waals surface area contributed by atoms with E-state index in [0.717, 1.165) is 31.2 Å². The maximum absolute atomic E-state index is 12.5. The van der Waals surface area contributed by atoms with Gasteiger partial charge in [-0.2, -0.15) is 0 Å². The predicted octanol–water partition coefficient (Wildman–Crippen LogP) is 4.34. The number of carbonyl (C=O) groups excluding carboxylic acids is 1. The van der Waals surface area contributed by atoms with Crippen molar-refractivity contribution in [3.63, 3.8) is 0 Å². The molecule has 0 aromatic heterocycles. The summed E-state index contributed by atoms with van der Waals surface area (Å²) in [5.41, 5.74) is 1.32. The third kappa shape index (κ3) is 5.81.